The largest absolute Gasteiger partial charge is 0.315 e. The topological polar surface area (TPSA) is 6.48 Å². The standard InChI is InChI=1S/C45H44N2/c1-3-4-6-13-34(2)46(44-30-24-35-14-9-11-16-39(35)32-44)42-26-20-37(21-27-42)38-22-28-43(29-23-38)47(41-18-7-5-8-19-41)45-31-25-36-15-10-12-17-40(36)33-45/h3-7,9-10,12-15,17-18,20,22,24-33,37-38H,2,8,11,16,19,21,23H2,1H3/b4-3-,13-6-. The van der Waals surface area contributed by atoms with Gasteiger partial charge in [0.15, 0.2) is 0 Å². The third-order valence-corrected chi connectivity index (χ3v) is 9.71. The van der Waals surface area contributed by atoms with Gasteiger partial charge in [0.1, 0.15) is 0 Å². The minimum Gasteiger partial charge on any atom is -0.315 e. The molecule has 234 valence electrons. The monoisotopic (exact) mass is 612 g/mol. The van der Waals surface area contributed by atoms with Crippen LogP contribution in [-0.2, 0) is 6.42 Å². The van der Waals surface area contributed by atoms with Crippen LogP contribution in [0.25, 0.3) is 16.8 Å². The molecule has 0 aromatic heterocycles. The van der Waals surface area contributed by atoms with Crippen molar-refractivity contribution in [2.75, 3.05) is 9.80 Å². The Balaban J connectivity index is 1.10. The first-order valence-electron chi connectivity index (χ1n) is 17.2. The molecular formula is C45H44N2. The molecule has 0 heterocycles. The second-order valence-electron chi connectivity index (χ2n) is 12.8. The van der Waals surface area contributed by atoms with E-state index in [4.69, 9.17) is 0 Å². The molecule has 2 heteroatoms. The lowest BCUT2D eigenvalue weighted by Crippen LogP contribution is -2.25. The molecule has 2 unspecified atom stereocenters. The molecule has 4 aliphatic rings. The smallest absolute Gasteiger partial charge is 0.0464 e. The van der Waals surface area contributed by atoms with Gasteiger partial charge in [0.05, 0.1) is 0 Å². The predicted octanol–water partition coefficient (Wildman–Crippen LogP) is 11.9. The summed E-state index contributed by atoms with van der Waals surface area (Å²) in [4.78, 5) is 4.78. The van der Waals surface area contributed by atoms with E-state index in [2.05, 4.69) is 162 Å². The predicted molar refractivity (Wildman–Crippen MR) is 203 cm³/mol. The van der Waals surface area contributed by atoms with Crippen LogP contribution < -0.4 is 9.80 Å². The van der Waals surface area contributed by atoms with Crippen molar-refractivity contribution >= 4 is 28.2 Å². The Bertz CT molecular complexity index is 1940. The number of hydrogen-bond acceptors (Lipinski definition) is 2. The van der Waals surface area contributed by atoms with Gasteiger partial charge in [0.2, 0.25) is 0 Å². The van der Waals surface area contributed by atoms with E-state index in [0.717, 1.165) is 44.2 Å². The van der Waals surface area contributed by atoms with E-state index in [1.807, 2.05) is 13.0 Å². The summed E-state index contributed by atoms with van der Waals surface area (Å²) in [6.07, 6.45) is 40.3. The third kappa shape index (κ3) is 6.74. The van der Waals surface area contributed by atoms with Crippen molar-refractivity contribution in [2.45, 2.75) is 45.4 Å². The maximum atomic E-state index is 4.49. The zero-order chi connectivity index (χ0) is 32.0. The van der Waals surface area contributed by atoms with Crippen molar-refractivity contribution in [2.24, 2.45) is 11.8 Å². The summed E-state index contributed by atoms with van der Waals surface area (Å²) >= 11 is 0. The summed E-state index contributed by atoms with van der Waals surface area (Å²) in [5.41, 5.74) is 9.92. The fourth-order valence-corrected chi connectivity index (χ4v) is 7.18. The van der Waals surface area contributed by atoms with E-state index >= 15 is 0 Å². The molecule has 0 radical (unpaired) electrons. The average molecular weight is 613 g/mol. The van der Waals surface area contributed by atoms with Gasteiger partial charge in [0, 0.05) is 34.2 Å². The number of rotatable bonds is 9. The molecule has 7 rings (SSSR count). The van der Waals surface area contributed by atoms with Crippen molar-refractivity contribution in [3.8, 4) is 0 Å². The number of fused-ring (bicyclic) bond motifs is 2. The van der Waals surface area contributed by atoms with Crippen LogP contribution in [0.15, 0.2) is 175 Å². The molecule has 47 heavy (non-hydrogen) atoms. The molecule has 3 aromatic rings. The van der Waals surface area contributed by atoms with E-state index in [-0.39, 0.29) is 0 Å². The van der Waals surface area contributed by atoms with Crippen LogP contribution in [0.3, 0.4) is 0 Å². The highest BCUT2D eigenvalue weighted by molar-refractivity contribution is 5.87. The van der Waals surface area contributed by atoms with Gasteiger partial charge in [-0.3, -0.25) is 0 Å². The van der Waals surface area contributed by atoms with E-state index in [1.54, 1.807) is 0 Å². The average Bonchev–Trinajstić information content (AvgIpc) is 3.13. The van der Waals surface area contributed by atoms with E-state index in [1.165, 1.54) is 50.4 Å². The SMILES string of the molecule is C=C(/C=C\C=C/C)N(C1=CCC(C2C=CC(N(C3=CC=CCC3)c3ccc4ccccc4c3)=CC2)C=C1)c1ccc2c(c1)CCC=C2. The van der Waals surface area contributed by atoms with Crippen LogP contribution in [0.5, 0.6) is 0 Å². The summed E-state index contributed by atoms with van der Waals surface area (Å²) in [5, 5.41) is 2.55. The highest BCUT2D eigenvalue weighted by atomic mass is 15.2. The van der Waals surface area contributed by atoms with Gasteiger partial charge in [-0.15, -0.1) is 0 Å². The van der Waals surface area contributed by atoms with Gasteiger partial charge < -0.3 is 9.80 Å². The first-order chi connectivity index (χ1) is 23.2. The van der Waals surface area contributed by atoms with E-state index in [9.17, 15) is 0 Å². The molecule has 0 spiro atoms. The first-order valence-corrected chi connectivity index (χ1v) is 17.2. The number of benzene rings is 3. The van der Waals surface area contributed by atoms with E-state index < -0.39 is 0 Å². The third-order valence-electron chi connectivity index (χ3n) is 9.71. The first kappa shape index (κ1) is 30.6. The Labute approximate surface area is 280 Å². The minimum atomic E-state index is 0.459. The maximum absolute atomic E-state index is 4.49. The lowest BCUT2D eigenvalue weighted by molar-refractivity contribution is 0.474. The second-order valence-corrected chi connectivity index (χ2v) is 12.8. The summed E-state index contributed by atoms with van der Waals surface area (Å²) in [5.74, 6) is 0.925. The number of hydrogen-bond donors (Lipinski definition) is 0. The minimum absolute atomic E-state index is 0.459. The van der Waals surface area contributed by atoms with Crippen LogP contribution in [0.1, 0.15) is 50.2 Å². The second kappa shape index (κ2) is 14.1. The molecule has 0 aliphatic heterocycles. The van der Waals surface area contributed by atoms with Gasteiger partial charge in [0.25, 0.3) is 0 Å². The van der Waals surface area contributed by atoms with Gasteiger partial charge in [-0.05, 0) is 128 Å². The van der Waals surface area contributed by atoms with Crippen molar-refractivity contribution in [3.63, 3.8) is 0 Å². The summed E-state index contributed by atoms with van der Waals surface area (Å²) in [6.45, 7) is 6.53. The lowest BCUT2D eigenvalue weighted by atomic mass is 9.81. The Hall–Kier alpha value is -5.08. The highest BCUT2D eigenvalue weighted by Gasteiger charge is 2.25. The van der Waals surface area contributed by atoms with Crippen molar-refractivity contribution < 1.29 is 0 Å². The maximum Gasteiger partial charge on any atom is 0.0464 e. The highest BCUT2D eigenvalue weighted by Crippen LogP contribution is 2.38. The molecule has 0 saturated carbocycles. The van der Waals surface area contributed by atoms with Crippen molar-refractivity contribution in [3.05, 3.63) is 186 Å². The zero-order valence-corrected chi connectivity index (χ0v) is 27.4. The Morgan fingerprint density at radius 1 is 0.766 bits per heavy atom. The molecule has 4 aliphatic carbocycles. The fourth-order valence-electron chi connectivity index (χ4n) is 7.18. The summed E-state index contributed by atoms with van der Waals surface area (Å²) in [6, 6.07) is 22.3. The molecular weight excluding hydrogens is 569 g/mol. The number of anilines is 2. The molecule has 2 nitrogen and oxygen atoms in total. The molecule has 0 N–H and O–H groups in total. The molecule has 0 saturated heterocycles. The number of allylic oxidation sites excluding steroid dienone is 15. The van der Waals surface area contributed by atoms with Crippen LogP contribution >= 0.6 is 0 Å². The molecule has 3 aromatic carbocycles. The molecule has 2 atom stereocenters. The van der Waals surface area contributed by atoms with Crippen LogP contribution in [0.4, 0.5) is 11.4 Å². The van der Waals surface area contributed by atoms with Crippen molar-refractivity contribution in [1.29, 1.82) is 0 Å². The van der Waals surface area contributed by atoms with Gasteiger partial charge in [-0.1, -0.05) is 110 Å². The van der Waals surface area contributed by atoms with Gasteiger partial charge in [-0.25, -0.2) is 0 Å². The lowest BCUT2D eigenvalue weighted by Gasteiger charge is -2.34. The van der Waals surface area contributed by atoms with Gasteiger partial charge >= 0.3 is 0 Å². The van der Waals surface area contributed by atoms with Crippen LogP contribution in [0, 0.1) is 11.8 Å². The normalized spacial score (nSPS) is 20.3. The van der Waals surface area contributed by atoms with Crippen LogP contribution in [-0.4, -0.2) is 0 Å². The van der Waals surface area contributed by atoms with E-state index in [0.29, 0.717) is 11.8 Å². The molecule has 0 bridgehead atoms. The summed E-state index contributed by atoms with van der Waals surface area (Å²) < 4.78 is 0. The van der Waals surface area contributed by atoms with Gasteiger partial charge in [-0.2, -0.15) is 0 Å². The Kier molecular flexibility index (Phi) is 9.19. The number of nitrogens with zero attached hydrogens (tertiary/aromatic N) is 2. The molecule has 0 fully saturated rings. The van der Waals surface area contributed by atoms with Crippen molar-refractivity contribution in [1.82, 2.24) is 0 Å². The quantitative estimate of drug-likeness (QED) is 0.222. The zero-order valence-electron chi connectivity index (χ0n) is 27.4. The Morgan fingerprint density at radius 2 is 1.53 bits per heavy atom. The fraction of sp³-hybridized carbons (Fsp3) is 0.200. The number of aryl methyl sites for hydroxylation is 1. The summed E-state index contributed by atoms with van der Waals surface area (Å²) in [7, 11) is 0. The Morgan fingerprint density at radius 3 is 2.28 bits per heavy atom. The van der Waals surface area contributed by atoms with Crippen LogP contribution in [0.2, 0.25) is 0 Å². The molecule has 0 amide bonds.